The third-order valence-electron chi connectivity index (χ3n) is 2.20. The first-order valence-corrected chi connectivity index (χ1v) is 5.12. The van der Waals surface area contributed by atoms with Gasteiger partial charge in [-0.15, -0.1) is 0 Å². The predicted octanol–water partition coefficient (Wildman–Crippen LogP) is 2.58. The first-order valence-electron chi connectivity index (χ1n) is 5.12. The number of anilines is 1. The molecule has 0 saturated carbocycles. The average molecular weight is 195 g/mol. The van der Waals surface area contributed by atoms with Gasteiger partial charge in [0.2, 0.25) is 0 Å². The van der Waals surface area contributed by atoms with Crippen LogP contribution in [0.5, 0.6) is 0 Å². The SMILES string of the molecule is Cc1nn(C)cc1NCCC(C)(C)C. The van der Waals surface area contributed by atoms with Crippen LogP contribution in [-0.2, 0) is 7.05 Å². The molecule has 0 fully saturated rings. The Morgan fingerprint density at radius 2 is 2.07 bits per heavy atom. The fraction of sp³-hybridized carbons (Fsp3) is 0.727. The molecule has 0 radical (unpaired) electrons. The van der Waals surface area contributed by atoms with Crippen molar-refractivity contribution in [2.75, 3.05) is 11.9 Å². The first-order chi connectivity index (χ1) is 6.38. The highest BCUT2D eigenvalue weighted by Gasteiger charge is 2.09. The smallest absolute Gasteiger partial charge is 0.0824 e. The van der Waals surface area contributed by atoms with Crippen LogP contribution in [0, 0.1) is 12.3 Å². The number of rotatable bonds is 3. The molecule has 1 rings (SSSR count). The lowest BCUT2D eigenvalue weighted by Crippen LogP contribution is -2.12. The molecule has 1 N–H and O–H groups in total. The van der Waals surface area contributed by atoms with Gasteiger partial charge in [0.05, 0.1) is 11.4 Å². The van der Waals surface area contributed by atoms with Crippen LogP contribution in [0.4, 0.5) is 5.69 Å². The Morgan fingerprint density at radius 1 is 1.43 bits per heavy atom. The average Bonchev–Trinajstić information content (AvgIpc) is 2.27. The topological polar surface area (TPSA) is 29.9 Å². The van der Waals surface area contributed by atoms with Crippen LogP contribution < -0.4 is 5.32 Å². The van der Waals surface area contributed by atoms with Gasteiger partial charge in [0, 0.05) is 19.8 Å². The minimum Gasteiger partial charge on any atom is -0.382 e. The second kappa shape index (κ2) is 4.03. The molecule has 0 spiro atoms. The van der Waals surface area contributed by atoms with Gasteiger partial charge >= 0.3 is 0 Å². The normalized spacial score (nSPS) is 11.8. The largest absolute Gasteiger partial charge is 0.382 e. The van der Waals surface area contributed by atoms with E-state index in [1.54, 1.807) is 0 Å². The highest BCUT2D eigenvalue weighted by Crippen LogP contribution is 2.19. The Morgan fingerprint density at radius 3 is 2.50 bits per heavy atom. The van der Waals surface area contributed by atoms with E-state index in [9.17, 15) is 0 Å². The Kier molecular flexibility index (Phi) is 3.19. The molecule has 1 aromatic rings. The molecule has 0 saturated heterocycles. The van der Waals surface area contributed by atoms with Gasteiger partial charge in [-0.05, 0) is 18.8 Å². The lowest BCUT2D eigenvalue weighted by Gasteiger charge is -2.18. The summed E-state index contributed by atoms with van der Waals surface area (Å²) >= 11 is 0. The van der Waals surface area contributed by atoms with Gasteiger partial charge in [-0.25, -0.2) is 0 Å². The summed E-state index contributed by atoms with van der Waals surface area (Å²) in [7, 11) is 1.95. The summed E-state index contributed by atoms with van der Waals surface area (Å²) < 4.78 is 1.84. The fourth-order valence-electron chi connectivity index (χ4n) is 1.35. The van der Waals surface area contributed by atoms with Crippen LogP contribution in [0.15, 0.2) is 6.20 Å². The first kappa shape index (κ1) is 11.1. The van der Waals surface area contributed by atoms with Crippen molar-refractivity contribution in [2.45, 2.75) is 34.1 Å². The molecular weight excluding hydrogens is 174 g/mol. The zero-order valence-electron chi connectivity index (χ0n) is 9.89. The van der Waals surface area contributed by atoms with E-state index in [4.69, 9.17) is 0 Å². The molecule has 1 heterocycles. The van der Waals surface area contributed by atoms with E-state index in [1.807, 2.05) is 24.9 Å². The highest BCUT2D eigenvalue weighted by atomic mass is 15.3. The van der Waals surface area contributed by atoms with Crippen molar-refractivity contribution >= 4 is 5.69 Å². The summed E-state index contributed by atoms with van der Waals surface area (Å²) in [6, 6.07) is 0. The minimum atomic E-state index is 0.392. The molecule has 14 heavy (non-hydrogen) atoms. The van der Waals surface area contributed by atoms with Gasteiger partial charge in [-0.3, -0.25) is 4.68 Å². The number of hydrogen-bond donors (Lipinski definition) is 1. The molecule has 0 bridgehead atoms. The lowest BCUT2D eigenvalue weighted by molar-refractivity contribution is 0.390. The Labute approximate surface area is 86.5 Å². The van der Waals surface area contributed by atoms with Gasteiger partial charge in [0.15, 0.2) is 0 Å². The summed E-state index contributed by atoms with van der Waals surface area (Å²) in [5.41, 5.74) is 2.61. The van der Waals surface area contributed by atoms with Crippen LogP contribution in [0.25, 0.3) is 0 Å². The molecule has 80 valence electrons. The van der Waals surface area contributed by atoms with Crippen molar-refractivity contribution in [3.05, 3.63) is 11.9 Å². The third-order valence-corrected chi connectivity index (χ3v) is 2.20. The van der Waals surface area contributed by atoms with E-state index in [0.717, 1.165) is 17.9 Å². The molecule has 0 amide bonds. The fourth-order valence-corrected chi connectivity index (χ4v) is 1.35. The number of aryl methyl sites for hydroxylation is 2. The van der Waals surface area contributed by atoms with Crippen molar-refractivity contribution in [1.82, 2.24) is 9.78 Å². The number of aromatic nitrogens is 2. The van der Waals surface area contributed by atoms with E-state index >= 15 is 0 Å². The molecule has 0 aliphatic carbocycles. The Balaban J connectivity index is 2.42. The van der Waals surface area contributed by atoms with Gasteiger partial charge in [0.1, 0.15) is 0 Å². The third kappa shape index (κ3) is 3.40. The molecule has 3 heteroatoms. The Hall–Kier alpha value is -0.990. The van der Waals surface area contributed by atoms with Crippen LogP contribution in [0.1, 0.15) is 32.9 Å². The van der Waals surface area contributed by atoms with Crippen LogP contribution in [0.2, 0.25) is 0 Å². The maximum atomic E-state index is 4.28. The van der Waals surface area contributed by atoms with Crippen molar-refractivity contribution in [3.63, 3.8) is 0 Å². The monoisotopic (exact) mass is 195 g/mol. The van der Waals surface area contributed by atoms with Gasteiger partial charge in [0.25, 0.3) is 0 Å². The zero-order chi connectivity index (χ0) is 10.8. The second-order valence-corrected chi connectivity index (χ2v) is 5.04. The minimum absolute atomic E-state index is 0.392. The van der Waals surface area contributed by atoms with Crippen molar-refractivity contribution in [2.24, 2.45) is 12.5 Å². The van der Waals surface area contributed by atoms with E-state index < -0.39 is 0 Å². The molecule has 0 atom stereocenters. The summed E-state index contributed by atoms with van der Waals surface area (Å²) in [6.45, 7) is 9.80. The summed E-state index contributed by atoms with van der Waals surface area (Å²) in [5, 5.41) is 7.69. The maximum absolute atomic E-state index is 4.28. The zero-order valence-corrected chi connectivity index (χ0v) is 9.89. The van der Waals surface area contributed by atoms with Crippen LogP contribution in [0.3, 0.4) is 0 Å². The predicted molar refractivity (Wildman–Crippen MR) is 60.5 cm³/mol. The highest BCUT2D eigenvalue weighted by molar-refractivity contribution is 5.45. The van der Waals surface area contributed by atoms with Gasteiger partial charge in [-0.1, -0.05) is 20.8 Å². The van der Waals surface area contributed by atoms with Gasteiger partial charge in [-0.2, -0.15) is 5.10 Å². The molecule has 0 aliphatic rings. The van der Waals surface area contributed by atoms with Crippen LogP contribution >= 0.6 is 0 Å². The molecule has 1 aromatic heterocycles. The molecule has 0 aromatic carbocycles. The van der Waals surface area contributed by atoms with Crippen molar-refractivity contribution < 1.29 is 0 Å². The van der Waals surface area contributed by atoms with E-state index in [-0.39, 0.29) is 0 Å². The van der Waals surface area contributed by atoms with E-state index in [0.29, 0.717) is 5.41 Å². The molecule has 3 nitrogen and oxygen atoms in total. The second-order valence-electron chi connectivity index (χ2n) is 5.04. The Bertz CT molecular complexity index is 294. The summed E-state index contributed by atoms with van der Waals surface area (Å²) in [5.74, 6) is 0. The van der Waals surface area contributed by atoms with E-state index in [1.165, 1.54) is 6.42 Å². The number of nitrogens with zero attached hydrogens (tertiary/aromatic N) is 2. The molecule has 0 aliphatic heterocycles. The summed E-state index contributed by atoms with van der Waals surface area (Å²) in [6.07, 6.45) is 3.19. The quantitative estimate of drug-likeness (QED) is 0.803. The van der Waals surface area contributed by atoms with Crippen molar-refractivity contribution in [1.29, 1.82) is 0 Å². The van der Waals surface area contributed by atoms with Crippen LogP contribution in [-0.4, -0.2) is 16.3 Å². The maximum Gasteiger partial charge on any atom is 0.0824 e. The molecule has 0 unspecified atom stereocenters. The summed E-state index contributed by atoms with van der Waals surface area (Å²) in [4.78, 5) is 0. The van der Waals surface area contributed by atoms with Crippen molar-refractivity contribution in [3.8, 4) is 0 Å². The lowest BCUT2D eigenvalue weighted by atomic mass is 9.92. The van der Waals surface area contributed by atoms with Gasteiger partial charge < -0.3 is 5.32 Å². The number of hydrogen-bond acceptors (Lipinski definition) is 2. The molecular formula is C11H21N3. The standard InChI is InChI=1S/C11H21N3/c1-9-10(8-14(5)13-9)12-7-6-11(2,3)4/h8,12H,6-7H2,1-5H3. The van der Waals surface area contributed by atoms with E-state index in [2.05, 4.69) is 31.2 Å². The number of nitrogens with one attached hydrogen (secondary N) is 1.